The predicted octanol–water partition coefficient (Wildman–Crippen LogP) is 3.95. The standard InChI is InChI=1S/C31H32N2O7S/c1-8-38-29(37)26-17(2)32-30-33(27(26)20-9-12-22(13-10-20)31(5,6)7)28(36)25(41-30)15-21-11-14-23(39-18(3)34)16-24(21)40-19(4)35/h9-16,27H,8H2,1-7H3. The Balaban J connectivity index is 1.92. The zero-order chi connectivity index (χ0) is 30.1. The molecule has 0 N–H and O–H groups in total. The Hall–Kier alpha value is -4.31. The van der Waals surface area contributed by atoms with Gasteiger partial charge in [-0.25, -0.2) is 9.79 Å². The molecule has 1 unspecified atom stereocenters. The van der Waals surface area contributed by atoms with Crippen LogP contribution in [0.15, 0.2) is 63.5 Å². The molecule has 1 aliphatic heterocycles. The van der Waals surface area contributed by atoms with Gasteiger partial charge in [0.2, 0.25) is 0 Å². The molecule has 1 aromatic heterocycles. The lowest BCUT2D eigenvalue weighted by Gasteiger charge is -2.26. The molecule has 0 radical (unpaired) electrons. The Morgan fingerprint density at radius 2 is 1.68 bits per heavy atom. The summed E-state index contributed by atoms with van der Waals surface area (Å²) >= 11 is 1.15. The number of hydrogen-bond acceptors (Lipinski definition) is 9. The highest BCUT2D eigenvalue weighted by atomic mass is 32.1. The number of carbonyl (C=O) groups excluding carboxylic acids is 3. The first-order valence-corrected chi connectivity index (χ1v) is 13.9. The molecule has 1 aliphatic rings. The van der Waals surface area contributed by atoms with Crippen molar-refractivity contribution in [2.45, 2.75) is 59.9 Å². The number of carbonyl (C=O) groups is 3. The second-order valence-electron chi connectivity index (χ2n) is 10.6. The van der Waals surface area contributed by atoms with E-state index in [0.717, 1.165) is 22.5 Å². The molecule has 1 atom stereocenters. The van der Waals surface area contributed by atoms with Crippen LogP contribution in [0.3, 0.4) is 0 Å². The number of esters is 3. The third-order valence-electron chi connectivity index (χ3n) is 6.40. The van der Waals surface area contributed by atoms with Gasteiger partial charge in [-0.2, -0.15) is 0 Å². The highest BCUT2D eigenvalue weighted by molar-refractivity contribution is 7.07. The predicted molar refractivity (Wildman–Crippen MR) is 155 cm³/mol. The van der Waals surface area contributed by atoms with Crippen LogP contribution in [0.4, 0.5) is 0 Å². The van der Waals surface area contributed by atoms with Crippen LogP contribution in [0.25, 0.3) is 6.08 Å². The van der Waals surface area contributed by atoms with E-state index in [0.29, 0.717) is 26.2 Å². The molecule has 10 heteroatoms. The molecule has 0 spiro atoms. The number of fused-ring (bicyclic) bond motifs is 1. The molecule has 0 fully saturated rings. The van der Waals surface area contributed by atoms with Gasteiger partial charge in [-0.3, -0.25) is 19.0 Å². The van der Waals surface area contributed by atoms with Gasteiger partial charge in [-0.1, -0.05) is 56.4 Å². The van der Waals surface area contributed by atoms with E-state index < -0.39 is 23.9 Å². The van der Waals surface area contributed by atoms with Crippen molar-refractivity contribution in [1.82, 2.24) is 4.57 Å². The summed E-state index contributed by atoms with van der Waals surface area (Å²) in [4.78, 5) is 55.3. The van der Waals surface area contributed by atoms with Crippen molar-refractivity contribution in [1.29, 1.82) is 0 Å². The van der Waals surface area contributed by atoms with Crippen LogP contribution in [-0.4, -0.2) is 29.1 Å². The van der Waals surface area contributed by atoms with Crippen LogP contribution >= 0.6 is 11.3 Å². The lowest BCUT2D eigenvalue weighted by atomic mass is 9.85. The van der Waals surface area contributed by atoms with Gasteiger partial charge < -0.3 is 14.2 Å². The monoisotopic (exact) mass is 576 g/mol. The maximum absolute atomic E-state index is 13.9. The van der Waals surface area contributed by atoms with Crippen molar-refractivity contribution >= 4 is 35.3 Å². The van der Waals surface area contributed by atoms with Crippen LogP contribution in [0.2, 0.25) is 0 Å². The fourth-order valence-electron chi connectivity index (χ4n) is 4.52. The Kier molecular flexibility index (Phi) is 8.44. The van der Waals surface area contributed by atoms with Crippen molar-refractivity contribution < 1.29 is 28.6 Å². The summed E-state index contributed by atoms with van der Waals surface area (Å²) in [6.07, 6.45) is 1.59. The van der Waals surface area contributed by atoms with E-state index in [1.54, 1.807) is 32.1 Å². The average Bonchev–Trinajstić information content (AvgIpc) is 3.18. The van der Waals surface area contributed by atoms with Gasteiger partial charge >= 0.3 is 17.9 Å². The van der Waals surface area contributed by atoms with Crippen molar-refractivity contribution in [2.24, 2.45) is 4.99 Å². The molecule has 0 bridgehead atoms. The maximum atomic E-state index is 13.9. The van der Waals surface area contributed by atoms with E-state index in [2.05, 4.69) is 25.8 Å². The van der Waals surface area contributed by atoms with Crippen molar-refractivity contribution in [3.8, 4) is 11.5 Å². The molecule has 9 nitrogen and oxygen atoms in total. The number of benzene rings is 2. The molecule has 4 rings (SSSR count). The minimum absolute atomic E-state index is 0.0761. The maximum Gasteiger partial charge on any atom is 0.338 e. The lowest BCUT2D eigenvalue weighted by molar-refractivity contribution is -0.139. The molecular weight excluding hydrogens is 544 g/mol. The second kappa shape index (κ2) is 11.7. The van der Waals surface area contributed by atoms with E-state index in [4.69, 9.17) is 14.2 Å². The molecule has 214 valence electrons. The number of thiazole rings is 1. The molecule has 2 heterocycles. The molecule has 2 aromatic carbocycles. The third kappa shape index (κ3) is 6.38. The summed E-state index contributed by atoms with van der Waals surface area (Å²) < 4.78 is 17.6. The van der Waals surface area contributed by atoms with E-state index in [1.807, 2.05) is 24.3 Å². The summed E-state index contributed by atoms with van der Waals surface area (Å²) in [7, 11) is 0. The zero-order valence-corrected chi connectivity index (χ0v) is 24.9. The molecule has 0 aliphatic carbocycles. The van der Waals surface area contributed by atoms with Crippen LogP contribution < -0.4 is 24.4 Å². The largest absolute Gasteiger partial charge is 0.463 e. The van der Waals surface area contributed by atoms with Crippen molar-refractivity contribution in [3.05, 3.63) is 90.1 Å². The molecule has 3 aromatic rings. The Labute approximate surface area is 241 Å². The first-order chi connectivity index (χ1) is 19.3. The number of rotatable bonds is 6. The summed E-state index contributed by atoms with van der Waals surface area (Å²) in [6, 6.07) is 11.6. The van der Waals surface area contributed by atoms with E-state index >= 15 is 0 Å². The van der Waals surface area contributed by atoms with Gasteiger partial charge in [-0.15, -0.1) is 0 Å². The van der Waals surface area contributed by atoms with Gasteiger partial charge in [0, 0.05) is 25.5 Å². The smallest absolute Gasteiger partial charge is 0.338 e. The minimum atomic E-state index is -0.749. The highest BCUT2D eigenvalue weighted by Crippen LogP contribution is 2.32. The van der Waals surface area contributed by atoms with Gasteiger partial charge in [0.15, 0.2) is 4.80 Å². The van der Waals surface area contributed by atoms with Crippen molar-refractivity contribution in [3.63, 3.8) is 0 Å². The summed E-state index contributed by atoms with van der Waals surface area (Å²) in [6.45, 7) is 12.5. The van der Waals surface area contributed by atoms with E-state index in [1.165, 1.54) is 24.5 Å². The van der Waals surface area contributed by atoms with Gasteiger partial charge in [0.05, 0.1) is 28.5 Å². The SMILES string of the molecule is CCOC(=O)C1=C(C)N=c2sc(=Cc3ccc(OC(C)=O)cc3OC(C)=O)c(=O)n2C1c1ccc(C(C)(C)C)cc1. The summed E-state index contributed by atoms with van der Waals surface area (Å²) in [5.41, 5.74) is 2.59. The quantitative estimate of drug-likeness (QED) is 0.323. The Morgan fingerprint density at radius 3 is 2.27 bits per heavy atom. The fourth-order valence-corrected chi connectivity index (χ4v) is 5.56. The first-order valence-electron chi connectivity index (χ1n) is 13.1. The molecule has 41 heavy (non-hydrogen) atoms. The van der Waals surface area contributed by atoms with Crippen LogP contribution in [0.5, 0.6) is 11.5 Å². The molecule has 0 amide bonds. The summed E-state index contributed by atoms with van der Waals surface area (Å²) in [5, 5.41) is 0. The van der Waals surface area contributed by atoms with Crippen LogP contribution in [-0.2, 0) is 24.5 Å². The third-order valence-corrected chi connectivity index (χ3v) is 7.38. The van der Waals surface area contributed by atoms with Gasteiger partial charge in [-0.05, 0) is 48.6 Å². The van der Waals surface area contributed by atoms with Crippen LogP contribution in [0, 0.1) is 0 Å². The zero-order valence-electron chi connectivity index (χ0n) is 24.1. The summed E-state index contributed by atoms with van der Waals surface area (Å²) in [5.74, 6) is -1.32. The highest BCUT2D eigenvalue weighted by Gasteiger charge is 2.33. The second-order valence-corrected chi connectivity index (χ2v) is 11.6. The Morgan fingerprint density at radius 1 is 1.02 bits per heavy atom. The first kappa shape index (κ1) is 29.7. The normalized spacial score (nSPS) is 15.2. The number of hydrogen-bond donors (Lipinski definition) is 0. The molecule has 0 saturated heterocycles. The van der Waals surface area contributed by atoms with Gasteiger partial charge in [0.1, 0.15) is 11.5 Å². The number of nitrogens with zero attached hydrogens (tertiary/aromatic N) is 2. The lowest BCUT2D eigenvalue weighted by Crippen LogP contribution is -2.40. The number of aromatic nitrogens is 1. The van der Waals surface area contributed by atoms with E-state index in [9.17, 15) is 19.2 Å². The topological polar surface area (TPSA) is 113 Å². The van der Waals surface area contributed by atoms with Crippen LogP contribution in [0.1, 0.15) is 71.2 Å². The molecular formula is C31H32N2O7S. The Bertz CT molecular complexity index is 1740. The van der Waals surface area contributed by atoms with E-state index in [-0.39, 0.29) is 29.1 Å². The number of allylic oxidation sites excluding steroid dienone is 1. The van der Waals surface area contributed by atoms with Crippen molar-refractivity contribution in [2.75, 3.05) is 6.61 Å². The number of ether oxygens (including phenoxy) is 3. The average molecular weight is 577 g/mol. The minimum Gasteiger partial charge on any atom is -0.463 e. The fraction of sp³-hybridized carbons (Fsp3) is 0.323. The molecule has 0 saturated carbocycles. The van der Waals surface area contributed by atoms with Gasteiger partial charge in [0.25, 0.3) is 5.56 Å².